The van der Waals surface area contributed by atoms with Gasteiger partial charge >= 0.3 is 0 Å². The van der Waals surface area contributed by atoms with E-state index in [1.54, 1.807) is 0 Å². The van der Waals surface area contributed by atoms with Gasteiger partial charge in [0.05, 0.1) is 6.04 Å². The zero-order chi connectivity index (χ0) is 19.4. The first-order valence-corrected chi connectivity index (χ1v) is 10.1. The molecule has 1 amide bonds. The molecule has 1 N–H and O–H groups in total. The third-order valence-corrected chi connectivity index (χ3v) is 5.88. The second-order valence-corrected chi connectivity index (χ2v) is 8.19. The Labute approximate surface area is 167 Å². The van der Waals surface area contributed by atoms with Crippen molar-refractivity contribution >= 4 is 17.5 Å². The second kappa shape index (κ2) is 8.90. The number of hydrogen-bond acceptors (Lipinski definition) is 2. The second-order valence-electron chi connectivity index (χ2n) is 7.75. The van der Waals surface area contributed by atoms with Crippen LogP contribution in [0.3, 0.4) is 0 Å². The zero-order valence-electron chi connectivity index (χ0n) is 16.5. The van der Waals surface area contributed by atoms with E-state index in [4.69, 9.17) is 11.6 Å². The molecule has 0 aromatic heterocycles. The monoisotopic (exact) mass is 384 g/mol. The molecule has 0 spiro atoms. The highest BCUT2D eigenvalue weighted by molar-refractivity contribution is 6.30. The van der Waals surface area contributed by atoms with Crippen LogP contribution in [0.5, 0.6) is 0 Å². The van der Waals surface area contributed by atoms with Crippen molar-refractivity contribution in [2.75, 3.05) is 13.1 Å². The molecule has 1 atom stereocenters. The van der Waals surface area contributed by atoms with Crippen LogP contribution >= 0.6 is 11.6 Å². The molecule has 0 radical (unpaired) electrons. The van der Waals surface area contributed by atoms with Crippen LogP contribution in [-0.2, 0) is 11.3 Å². The van der Waals surface area contributed by atoms with Crippen LogP contribution in [0, 0.1) is 19.8 Å². The number of piperidine rings is 1. The fraction of sp³-hybridized carbons (Fsp3) is 0.435. The van der Waals surface area contributed by atoms with Gasteiger partial charge in [-0.2, -0.15) is 0 Å². The molecule has 1 aliphatic heterocycles. The highest BCUT2D eigenvalue weighted by Gasteiger charge is 2.26. The van der Waals surface area contributed by atoms with Crippen LogP contribution in [0.1, 0.15) is 48.1 Å². The standard InChI is InChI=1S/C23H29ClN2O/c1-16-7-8-21(13-17(16)2)18(3)25-23(27)20-9-11-26(12-10-20)15-19-5-4-6-22(24)14-19/h4-8,13-14,18,20H,9-12,15H2,1-3H3,(H,25,27)/t18-/m0/s1. The third kappa shape index (κ3) is 5.33. The highest BCUT2D eigenvalue weighted by atomic mass is 35.5. The number of rotatable bonds is 5. The number of carbonyl (C=O) groups excluding carboxylic acids is 1. The Balaban J connectivity index is 1.50. The van der Waals surface area contributed by atoms with Gasteiger partial charge < -0.3 is 5.32 Å². The largest absolute Gasteiger partial charge is 0.349 e. The molecule has 1 saturated heterocycles. The number of nitrogens with one attached hydrogen (secondary N) is 1. The van der Waals surface area contributed by atoms with Gasteiger partial charge in [0, 0.05) is 17.5 Å². The molecule has 0 aliphatic carbocycles. The summed E-state index contributed by atoms with van der Waals surface area (Å²) in [4.78, 5) is 15.1. The van der Waals surface area contributed by atoms with E-state index in [0.29, 0.717) is 0 Å². The summed E-state index contributed by atoms with van der Waals surface area (Å²) in [6, 6.07) is 14.5. The minimum Gasteiger partial charge on any atom is -0.349 e. The SMILES string of the molecule is Cc1ccc([C@H](C)NC(=O)C2CCN(Cc3cccc(Cl)c3)CC2)cc1C. The van der Waals surface area contributed by atoms with E-state index in [0.717, 1.165) is 37.5 Å². The van der Waals surface area contributed by atoms with Crippen molar-refractivity contribution in [1.29, 1.82) is 0 Å². The first-order chi connectivity index (χ1) is 12.9. The van der Waals surface area contributed by atoms with Gasteiger partial charge in [-0.25, -0.2) is 0 Å². The maximum absolute atomic E-state index is 12.7. The average molecular weight is 385 g/mol. The maximum Gasteiger partial charge on any atom is 0.223 e. The van der Waals surface area contributed by atoms with Crippen molar-refractivity contribution in [2.24, 2.45) is 5.92 Å². The molecular formula is C23H29ClN2O. The number of benzene rings is 2. The number of hydrogen-bond donors (Lipinski definition) is 1. The van der Waals surface area contributed by atoms with Crippen LogP contribution in [-0.4, -0.2) is 23.9 Å². The van der Waals surface area contributed by atoms with Gasteiger partial charge in [0.25, 0.3) is 0 Å². The average Bonchev–Trinajstić information content (AvgIpc) is 2.64. The lowest BCUT2D eigenvalue weighted by Crippen LogP contribution is -2.40. The molecule has 2 aromatic carbocycles. The Bertz CT molecular complexity index is 797. The molecule has 4 heteroatoms. The molecular weight excluding hydrogens is 356 g/mol. The summed E-state index contributed by atoms with van der Waals surface area (Å²) in [7, 11) is 0. The number of amides is 1. The van der Waals surface area contributed by atoms with Crippen molar-refractivity contribution in [3.8, 4) is 0 Å². The Morgan fingerprint density at radius 3 is 2.56 bits per heavy atom. The van der Waals surface area contributed by atoms with Crippen LogP contribution in [0.25, 0.3) is 0 Å². The van der Waals surface area contributed by atoms with E-state index in [2.05, 4.69) is 55.3 Å². The Hall–Kier alpha value is -1.84. The molecule has 3 nitrogen and oxygen atoms in total. The highest BCUT2D eigenvalue weighted by Crippen LogP contribution is 2.22. The van der Waals surface area contributed by atoms with Crippen molar-refractivity contribution in [3.63, 3.8) is 0 Å². The molecule has 27 heavy (non-hydrogen) atoms. The first-order valence-electron chi connectivity index (χ1n) is 9.76. The maximum atomic E-state index is 12.7. The van der Waals surface area contributed by atoms with Gasteiger partial charge in [0.1, 0.15) is 0 Å². The zero-order valence-corrected chi connectivity index (χ0v) is 17.2. The van der Waals surface area contributed by atoms with E-state index in [1.165, 1.54) is 22.3 Å². The molecule has 144 valence electrons. The van der Waals surface area contributed by atoms with Gasteiger partial charge in [-0.15, -0.1) is 0 Å². The van der Waals surface area contributed by atoms with E-state index >= 15 is 0 Å². The summed E-state index contributed by atoms with van der Waals surface area (Å²) in [5, 5.41) is 3.99. The van der Waals surface area contributed by atoms with Crippen molar-refractivity contribution < 1.29 is 4.79 Å². The summed E-state index contributed by atoms with van der Waals surface area (Å²) < 4.78 is 0. The van der Waals surface area contributed by atoms with Gasteiger partial charge in [-0.05, 0) is 81.1 Å². The summed E-state index contributed by atoms with van der Waals surface area (Å²) in [6.07, 6.45) is 1.82. The van der Waals surface area contributed by atoms with Gasteiger partial charge in [0.15, 0.2) is 0 Å². The first kappa shape index (κ1) is 19.9. The fourth-order valence-corrected chi connectivity index (χ4v) is 3.91. The minimum atomic E-state index is 0.0429. The lowest BCUT2D eigenvalue weighted by molar-refractivity contribution is -0.127. The minimum absolute atomic E-state index is 0.0429. The molecule has 0 bridgehead atoms. The summed E-state index contributed by atoms with van der Waals surface area (Å²) >= 11 is 6.07. The predicted octanol–water partition coefficient (Wildman–Crippen LogP) is 5.05. The summed E-state index contributed by atoms with van der Waals surface area (Å²) in [6.45, 7) is 9.08. The molecule has 0 unspecified atom stereocenters. The molecule has 3 rings (SSSR count). The Morgan fingerprint density at radius 1 is 1.15 bits per heavy atom. The lowest BCUT2D eigenvalue weighted by atomic mass is 9.94. The van der Waals surface area contributed by atoms with E-state index in [-0.39, 0.29) is 17.9 Å². The van der Waals surface area contributed by atoms with Gasteiger partial charge in [0.2, 0.25) is 5.91 Å². The summed E-state index contributed by atoms with van der Waals surface area (Å²) in [5.74, 6) is 0.290. The number of aryl methyl sites for hydroxylation is 2. The number of nitrogens with zero attached hydrogens (tertiary/aromatic N) is 1. The number of carbonyl (C=O) groups is 1. The van der Waals surface area contributed by atoms with Crippen LogP contribution in [0.2, 0.25) is 5.02 Å². The van der Waals surface area contributed by atoms with E-state index < -0.39 is 0 Å². The number of likely N-dealkylation sites (tertiary alicyclic amines) is 1. The van der Waals surface area contributed by atoms with Crippen LogP contribution in [0.4, 0.5) is 0 Å². The molecule has 1 aliphatic rings. The molecule has 1 fully saturated rings. The van der Waals surface area contributed by atoms with Crippen LogP contribution < -0.4 is 5.32 Å². The third-order valence-electron chi connectivity index (χ3n) is 5.64. The van der Waals surface area contributed by atoms with Gasteiger partial charge in [-0.1, -0.05) is 41.9 Å². The van der Waals surface area contributed by atoms with Crippen molar-refractivity contribution in [3.05, 3.63) is 69.7 Å². The Morgan fingerprint density at radius 2 is 1.89 bits per heavy atom. The normalized spacial score (nSPS) is 16.9. The predicted molar refractivity (Wildman–Crippen MR) is 112 cm³/mol. The van der Waals surface area contributed by atoms with Crippen LogP contribution in [0.15, 0.2) is 42.5 Å². The van der Waals surface area contributed by atoms with Gasteiger partial charge in [-0.3, -0.25) is 9.69 Å². The van der Waals surface area contributed by atoms with E-state index in [9.17, 15) is 4.79 Å². The quantitative estimate of drug-likeness (QED) is 0.782. The molecule has 1 heterocycles. The fourth-order valence-electron chi connectivity index (χ4n) is 3.70. The summed E-state index contributed by atoms with van der Waals surface area (Å²) in [5.41, 5.74) is 4.95. The topological polar surface area (TPSA) is 32.3 Å². The molecule has 2 aromatic rings. The lowest BCUT2D eigenvalue weighted by Gasteiger charge is -2.32. The number of halogens is 1. The van der Waals surface area contributed by atoms with E-state index in [1.807, 2.05) is 18.2 Å². The smallest absolute Gasteiger partial charge is 0.223 e. The Kier molecular flexibility index (Phi) is 6.56. The molecule has 0 saturated carbocycles. The van der Waals surface area contributed by atoms with Crippen molar-refractivity contribution in [1.82, 2.24) is 10.2 Å². The van der Waals surface area contributed by atoms with Crippen molar-refractivity contribution in [2.45, 2.75) is 46.2 Å².